The predicted octanol–water partition coefficient (Wildman–Crippen LogP) is 4.74. The second kappa shape index (κ2) is 11.6. The highest BCUT2D eigenvalue weighted by Gasteiger charge is 2.46. The number of aromatic nitrogens is 5. The number of aryl methyl sites for hydroxylation is 3. The van der Waals surface area contributed by atoms with Crippen molar-refractivity contribution in [1.29, 1.82) is 0 Å². The Hall–Kier alpha value is -3.74. The van der Waals surface area contributed by atoms with Gasteiger partial charge in [0.05, 0.1) is 37.5 Å². The van der Waals surface area contributed by atoms with Gasteiger partial charge in [-0.2, -0.15) is 4.31 Å². The van der Waals surface area contributed by atoms with Gasteiger partial charge in [-0.05, 0) is 68.7 Å². The molecule has 1 fully saturated rings. The number of hydrogen-bond donors (Lipinski definition) is 0. The lowest BCUT2D eigenvalue weighted by Gasteiger charge is -2.38. The number of benzene rings is 1. The summed E-state index contributed by atoms with van der Waals surface area (Å²) in [7, 11) is -3.97. The number of pyridine rings is 2. The average molecular weight is 633 g/mol. The molecule has 1 atom stereocenters. The summed E-state index contributed by atoms with van der Waals surface area (Å²) in [5, 5.41) is 8.76. The summed E-state index contributed by atoms with van der Waals surface area (Å²) in [6.07, 6.45) is 2.63. The highest BCUT2D eigenvalue weighted by Crippen LogP contribution is 2.44. The van der Waals surface area contributed by atoms with Gasteiger partial charge < -0.3 is 9.47 Å². The van der Waals surface area contributed by atoms with Crippen LogP contribution in [-0.2, 0) is 32.6 Å². The van der Waals surface area contributed by atoms with Gasteiger partial charge in [0.25, 0.3) is 0 Å². The normalized spacial score (nSPS) is 18.7. The number of rotatable bonds is 7. The van der Waals surface area contributed by atoms with E-state index in [2.05, 4.69) is 15.3 Å². The Balaban J connectivity index is 1.46. The summed E-state index contributed by atoms with van der Waals surface area (Å²) < 4.78 is 43.6. The van der Waals surface area contributed by atoms with E-state index in [1.165, 1.54) is 4.31 Å². The van der Waals surface area contributed by atoms with E-state index in [1.54, 1.807) is 25.3 Å². The molecular weight excluding hydrogens is 592 g/mol. The number of nitrogens with zero attached hydrogens (tertiary/aromatic N) is 6. The first-order valence-corrected chi connectivity index (χ1v) is 16.8. The smallest absolute Gasteiger partial charge is 0.248 e. The summed E-state index contributed by atoms with van der Waals surface area (Å²) in [6.45, 7) is 13.3. The lowest BCUT2D eigenvalue weighted by molar-refractivity contribution is -0.125. The zero-order chi connectivity index (χ0) is 32.1. The second-order valence-electron chi connectivity index (χ2n) is 12.7. The maximum absolute atomic E-state index is 14.1. The van der Waals surface area contributed by atoms with Crippen molar-refractivity contribution in [3.63, 3.8) is 0 Å². The summed E-state index contributed by atoms with van der Waals surface area (Å²) >= 11 is 0. The number of sulfonamides is 1. The van der Waals surface area contributed by atoms with Crippen molar-refractivity contribution in [3.05, 3.63) is 70.7 Å². The van der Waals surface area contributed by atoms with Crippen LogP contribution in [0.5, 0.6) is 5.88 Å². The van der Waals surface area contributed by atoms with Gasteiger partial charge in [-0.25, -0.2) is 18.1 Å². The Labute approximate surface area is 264 Å². The van der Waals surface area contributed by atoms with Crippen LogP contribution in [0, 0.1) is 19.3 Å². The van der Waals surface area contributed by atoms with Crippen LogP contribution in [0.2, 0.25) is 0 Å². The van der Waals surface area contributed by atoms with Gasteiger partial charge in [-0.15, -0.1) is 5.10 Å². The molecule has 0 amide bonds. The van der Waals surface area contributed by atoms with E-state index < -0.39 is 27.0 Å². The minimum absolute atomic E-state index is 0.0194. The van der Waals surface area contributed by atoms with E-state index in [-0.39, 0.29) is 29.6 Å². The zero-order valence-electron chi connectivity index (χ0n) is 26.7. The van der Waals surface area contributed by atoms with Crippen LogP contribution in [0.3, 0.4) is 0 Å². The SMILES string of the molecule is CCn1nnc2c(C)c([C@H](c3ccc(C)c(CN4CC5(CCOCC5)Oc5ncccc5S4(=O)=O)n3)C(C)(C)C(C)=O)ccc21. The van der Waals surface area contributed by atoms with Crippen molar-refractivity contribution in [1.82, 2.24) is 29.3 Å². The van der Waals surface area contributed by atoms with Crippen LogP contribution in [0.4, 0.5) is 0 Å². The molecule has 1 saturated heterocycles. The zero-order valence-corrected chi connectivity index (χ0v) is 27.5. The first kappa shape index (κ1) is 31.3. The van der Waals surface area contributed by atoms with E-state index >= 15 is 0 Å². The standard InChI is InChI=1S/C33H40N6O5S/c1-7-39-27-13-11-24(22(3)30(27)36-37-39)29(32(5,6)23(4)40)25-12-10-21(2)26(35-25)19-38-20-33(14-17-43-18-15-33)44-31-28(45(38,41)42)9-8-16-34-31/h8-13,16,29H,7,14-15,17-20H2,1-6H3/t29-/m1/s1. The van der Waals surface area contributed by atoms with Gasteiger partial charge in [0, 0.05) is 42.6 Å². The molecule has 0 N–H and O–H groups in total. The molecule has 0 bridgehead atoms. The van der Waals surface area contributed by atoms with E-state index in [9.17, 15) is 13.2 Å². The summed E-state index contributed by atoms with van der Waals surface area (Å²) in [5.41, 5.74) is 4.16. The van der Waals surface area contributed by atoms with Gasteiger partial charge in [0.1, 0.15) is 21.8 Å². The largest absolute Gasteiger partial charge is 0.468 e. The number of carbonyl (C=O) groups is 1. The Morgan fingerprint density at radius 2 is 1.87 bits per heavy atom. The molecule has 0 saturated carbocycles. The van der Waals surface area contributed by atoms with Crippen molar-refractivity contribution in [2.45, 2.75) is 83.9 Å². The minimum atomic E-state index is -3.97. The van der Waals surface area contributed by atoms with Gasteiger partial charge in [0.2, 0.25) is 15.9 Å². The van der Waals surface area contributed by atoms with Gasteiger partial charge in [-0.1, -0.05) is 31.2 Å². The molecule has 0 unspecified atom stereocenters. The third-order valence-corrected chi connectivity index (χ3v) is 11.4. The Bertz CT molecular complexity index is 1880. The molecule has 11 nitrogen and oxygen atoms in total. The molecule has 1 spiro atoms. The molecule has 4 aromatic rings. The lowest BCUT2D eigenvalue weighted by Crippen LogP contribution is -2.50. The lowest BCUT2D eigenvalue weighted by atomic mass is 9.69. The Kier molecular flexibility index (Phi) is 8.03. The molecule has 45 heavy (non-hydrogen) atoms. The van der Waals surface area contributed by atoms with Crippen molar-refractivity contribution >= 4 is 26.8 Å². The van der Waals surface area contributed by atoms with Crippen LogP contribution in [-0.4, -0.2) is 68.8 Å². The van der Waals surface area contributed by atoms with Gasteiger partial charge >= 0.3 is 0 Å². The van der Waals surface area contributed by atoms with Crippen LogP contribution in [0.25, 0.3) is 11.0 Å². The number of Topliss-reactive ketones (excluding diaryl/α,β-unsaturated/α-hetero) is 1. The van der Waals surface area contributed by atoms with Crippen LogP contribution >= 0.6 is 0 Å². The van der Waals surface area contributed by atoms with Crippen molar-refractivity contribution in [3.8, 4) is 5.88 Å². The molecule has 5 heterocycles. The molecular formula is C33H40N6O5S. The Morgan fingerprint density at radius 1 is 1.11 bits per heavy atom. The summed E-state index contributed by atoms with van der Waals surface area (Å²) in [4.78, 5) is 22.7. The predicted molar refractivity (Wildman–Crippen MR) is 168 cm³/mol. The van der Waals surface area contributed by atoms with E-state index in [1.807, 2.05) is 63.6 Å². The first-order valence-electron chi connectivity index (χ1n) is 15.4. The summed E-state index contributed by atoms with van der Waals surface area (Å²) in [5.74, 6) is -0.276. The number of hydrogen-bond acceptors (Lipinski definition) is 9. The highest BCUT2D eigenvalue weighted by atomic mass is 32.2. The van der Waals surface area contributed by atoms with E-state index in [0.717, 1.165) is 27.7 Å². The fourth-order valence-corrected chi connectivity index (χ4v) is 8.04. The molecule has 6 rings (SSSR count). The topological polar surface area (TPSA) is 129 Å². The molecule has 0 aliphatic carbocycles. The number of ketones is 1. The van der Waals surface area contributed by atoms with Crippen molar-refractivity contribution < 1.29 is 22.7 Å². The quantitative estimate of drug-likeness (QED) is 0.284. The number of ether oxygens (including phenoxy) is 2. The van der Waals surface area contributed by atoms with Crippen molar-refractivity contribution in [2.75, 3.05) is 19.8 Å². The number of fused-ring (bicyclic) bond motifs is 2. The van der Waals surface area contributed by atoms with Crippen LogP contribution in [0.15, 0.2) is 47.5 Å². The van der Waals surface area contributed by atoms with Crippen LogP contribution in [0.1, 0.15) is 74.5 Å². The summed E-state index contributed by atoms with van der Waals surface area (Å²) in [6, 6.07) is 11.1. The van der Waals surface area contributed by atoms with E-state index in [0.29, 0.717) is 44.0 Å². The molecule has 0 radical (unpaired) electrons. The fourth-order valence-electron chi connectivity index (χ4n) is 6.50. The van der Waals surface area contributed by atoms with E-state index in [4.69, 9.17) is 14.5 Å². The monoisotopic (exact) mass is 632 g/mol. The van der Waals surface area contributed by atoms with Crippen molar-refractivity contribution in [2.24, 2.45) is 5.41 Å². The third-order valence-electron chi connectivity index (χ3n) is 9.60. The maximum atomic E-state index is 14.1. The maximum Gasteiger partial charge on any atom is 0.248 e. The molecule has 12 heteroatoms. The molecule has 238 valence electrons. The third kappa shape index (κ3) is 5.42. The second-order valence-corrected chi connectivity index (χ2v) is 14.6. The number of carbonyl (C=O) groups excluding carboxylic acids is 1. The Morgan fingerprint density at radius 3 is 2.58 bits per heavy atom. The average Bonchev–Trinajstić information content (AvgIpc) is 3.41. The first-order chi connectivity index (χ1) is 21.4. The highest BCUT2D eigenvalue weighted by molar-refractivity contribution is 7.89. The minimum Gasteiger partial charge on any atom is -0.468 e. The molecule has 2 aliphatic rings. The molecule has 1 aromatic carbocycles. The van der Waals surface area contributed by atoms with Gasteiger partial charge in [0.15, 0.2) is 0 Å². The van der Waals surface area contributed by atoms with Crippen LogP contribution < -0.4 is 4.74 Å². The molecule has 2 aliphatic heterocycles. The van der Waals surface area contributed by atoms with Gasteiger partial charge in [-0.3, -0.25) is 9.78 Å². The fraction of sp³-hybridized carbons (Fsp3) is 0.485. The molecule has 3 aromatic heterocycles.